The van der Waals surface area contributed by atoms with Crippen LogP contribution in [-0.4, -0.2) is 45.1 Å². The number of rotatable bonds is 6. The van der Waals surface area contributed by atoms with Gasteiger partial charge in [0, 0.05) is 42.3 Å². The summed E-state index contributed by atoms with van der Waals surface area (Å²) in [5, 5.41) is 9.85. The third-order valence-electron chi connectivity index (χ3n) is 5.77. The molecule has 5 rings (SSSR count). The Labute approximate surface area is 190 Å². The fourth-order valence-corrected chi connectivity index (χ4v) is 4.11. The molecule has 2 aromatic heterocycles. The molecule has 0 saturated heterocycles. The Bertz CT molecular complexity index is 1260. The van der Waals surface area contributed by atoms with E-state index in [-0.39, 0.29) is 17.7 Å². The molecule has 2 amide bonds. The highest BCUT2D eigenvalue weighted by atomic mass is 16.2. The van der Waals surface area contributed by atoms with Crippen LogP contribution >= 0.6 is 0 Å². The number of nitrogens with zero attached hydrogens (tertiary/aromatic N) is 4. The molecule has 3 heterocycles. The number of hydrogen-bond donors (Lipinski definition) is 2. The molecule has 1 atom stereocenters. The van der Waals surface area contributed by atoms with Gasteiger partial charge in [0.25, 0.3) is 11.8 Å². The summed E-state index contributed by atoms with van der Waals surface area (Å²) < 4.78 is 0. The van der Waals surface area contributed by atoms with Crippen LogP contribution in [0, 0.1) is 0 Å². The van der Waals surface area contributed by atoms with Gasteiger partial charge in [-0.1, -0.05) is 24.3 Å². The normalized spacial score (nSPS) is 14.7. The van der Waals surface area contributed by atoms with E-state index in [1.54, 1.807) is 35.5 Å². The first-order valence-corrected chi connectivity index (χ1v) is 10.7. The molecule has 0 aliphatic carbocycles. The molecule has 4 aromatic rings. The summed E-state index contributed by atoms with van der Waals surface area (Å²) in [5.41, 5.74) is 3.86. The lowest BCUT2D eigenvalue weighted by atomic mass is 9.98. The monoisotopic (exact) mass is 438 g/mol. The number of pyridine rings is 1. The van der Waals surface area contributed by atoms with Gasteiger partial charge < -0.3 is 10.2 Å². The van der Waals surface area contributed by atoms with E-state index in [0.717, 1.165) is 16.8 Å². The van der Waals surface area contributed by atoms with Crippen LogP contribution in [0.25, 0.3) is 0 Å². The van der Waals surface area contributed by atoms with Crippen molar-refractivity contribution in [3.63, 3.8) is 0 Å². The van der Waals surface area contributed by atoms with Gasteiger partial charge in [-0.05, 0) is 53.9 Å². The number of aromatic amines is 1. The molecule has 164 valence electrons. The molecule has 0 fully saturated rings. The van der Waals surface area contributed by atoms with Crippen LogP contribution in [-0.2, 0) is 6.42 Å². The molecule has 8 heteroatoms. The zero-order chi connectivity index (χ0) is 22.6. The molecule has 0 radical (unpaired) electrons. The van der Waals surface area contributed by atoms with Gasteiger partial charge in [-0.3, -0.25) is 19.7 Å². The fraction of sp³-hybridized carbons (Fsp3) is 0.160. The molecule has 8 nitrogen and oxygen atoms in total. The Morgan fingerprint density at radius 1 is 1.06 bits per heavy atom. The van der Waals surface area contributed by atoms with Gasteiger partial charge in [0.15, 0.2) is 0 Å². The summed E-state index contributed by atoms with van der Waals surface area (Å²) in [6.07, 6.45) is 5.67. The van der Waals surface area contributed by atoms with Gasteiger partial charge in [0.2, 0.25) is 0 Å². The predicted molar refractivity (Wildman–Crippen MR) is 123 cm³/mol. The predicted octanol–water partition coefficient (Wildman–Crippen LogP) is 2.96. The van der Waals surface area contributed by atoms with Gasteiger partial charge in [0.1, 0.15) is 12.2 Å². The largest absolute Gasteiger partial charge is 0.352 e. The molecule has 0 bridgehead atoms. The number of amides is 2. The van der Waals surface area contributed by atoms with E-state index in [2.05, 4.69) is 25.5 Å². The molecular weight excluding hydrogens is 416 g/mol. The van der Waals surface area contributed by atoms with E-state index in [1.165, 1.54) is 6.33 Å². The van der Waals surface area contributed by atoms with Crippen LogP contribution in [0.4, 0.5) is 5.69 Å². The van der Waals surface area contributed by atoms with Crippen LogP contribution in [0.1, 0.15) is 43.6 Å². The van der Waals surface area contributed by atoms with Gasteiger partial charge in [0.05, 0.1) is 5.92 Å². The number of fused-ring (bicyclic) bond motifs is 1. The molecule has 2 N–H and O–H groups in total. The van der Waals surface area contributed by atoms with Crippen molar-refractivity contribution < 1.29 is 9.59 Å². The number of anilines is 1. The summed E-state index contributed by atoms with van der Waals surface area (Å²) in [7, 11) is 0. The van der Waals surface area contributed by atoms with E-state index in [9.17, 15) is 9.59 Å². The van der Waals surface area contributed by atoms with E-state index in [0.29, 0.717) is 36.5 Å². The molecule has 2 aromatic carbocycles. The minimum absolute atomic E-state index is 0.0902. The zero-order valence-electron chi connectivity index (χ0n) is 17.8. The highest BCUT2D eigenvalue weighted by Crippen LogP contribution is 2.40. The maximum absolute atomic E-state index is 13.2. The van der Waals surface area contributed by atoms with Crippen molar-refractivity contribution in [2.45, 2.75) is 12.3 Å². The second-order valence-corrected chi connectivity index (χ2v) is 7.85. The Morgan fingerprint density at radius 3 is 2.70 bits per heavy atom. The highest BCUT2D eigenvalue weighted by molar-refractivity contribution is 6.08. The Morgan fingerprint density at radius 2 is 1.94 bits per heavy atom. The SMILES string of the molecule is O=C(NCCc1cccnc1)c1ccc2c(c1)C(c1ncn[nH]1)CN2C(=O)c1ccccc1. The first-order chi connectivity index (χ1) is 16.2. The minimum atomic E-state index is -0.196. The van der Waals surface area contributed by atoms with E-state index >= 15 is 0 Å². The van der Waals surface area contributed by atoms with Crippen molar-refractivity contribution in [2.75, 3.05) is 18.0 Å². The van der Waals surface area contributed by atoms with Crippen molar-refractivity contribution in [1.82, 2.24) is 25.5 Å². The molecule has 33 heavy (non-hydrogen) atoms. The maximum Gasteiger partial charge on any atom is 0.258 e. The van der Waals surface area contributed by atoms with E-state index < -0.39 is 0 Å². The lowest BCUT2D eigenvalue weighted by molar-refractivity contribution is 0.0952. The van der Waals surface area contributed by atoms with Gasteiger partial charge in [-0.25, -0.2) is 4.98 Å². The lowest BCUT2D eigenvalue weighted by Crippen LogP contribution is -2.30. The smallest absolute Gasteiger partial charge is 0.258 e. The summed E-state index contributed by atoms with van der Waals surface area (Å²) >= 11 is 0. The standard InChI is InChI=1S/C25H22N6O2/c32-24(27-12-10-17-5-4-11-26-14-17)19-8-9-22-20(13-19)21(23-28-16-29-30-23)15-31(22)25(33)18-6-2-1-3-7-18/h1-9,11,13-14,16,21H,10,12,15H2,(H,27,32)(H,28,29,30). The number of carbonyl (C=O) groups is 2. The Balaban J connectivity index is 1.39. The van der Waals surface area contributed by atoms with Crippen LogP contribution in [0.5, 0.6) is 0 Å². The fourth-order valence-electron chi connectivity index (χ4n) is 4.11. The quantitative estimate of drug-likeness (QED) is 0.482. The summed E-state index contributed by atoms with van der Waals surface area (Å²) in [6, 6.07) is 18.5. The number of aromatic nitrogens is 4. The summed E-state index contributed by atoms with van der Waals surface area (Å²) in [5.74, 6) is 0.213. The number of nitrogens with one attached hydrogen (secondary N) is 2. The highest BCUT2D eigenvalue weighted by Gasteiger charge is 2.35. The molecule has 0 saturated carbocycles. The maximum atomic E-state index is 13.2. The number of H-pyrrole nitrogens is 1. The third kappa shape index (κ3) is 4.23. The van der Waals surface area contributed by atoms with Gasteiger partial charge in [-0.15, -0.1) is 0 Å². The van der Waals surface area contributed by atoms with E-state index in [4.69, 9.17) is 0 Å². The van der Waals surface area contributed by atoms with Crippen LogP contribution in [0.15, 0.2) is 79.4 Å². The molecule has 1 unspecified atom stereocenters. The van der Waals surface area contributed by atoms with Gasteiger partial charge in [-0.2, -0.15) is 5.10 Å². The molecule has 1 aliphatic heterocycles. The first kappa shape index (κ1) is 20.6. The van der Waals surface area contributed by atoms with E-state index in [1.807, 2.05) is 42.5 Å². The average Bonchev–Trinajstić information content (AvgIpc) is 3.52. The third-order valence-corrected chi connectivity index (χ3v) is 5.77. The second-order valence-electron chi connectivity index (χ2n) is 7.85. The zero-order valence-corrected chi connectivity index (χ0v) is 17.8. The lowest BCUT2D eigenvalue weighted by Gasteiger charge is -2.18. The molecule has 0 spiro atoms. The minimum Gasteiger partial charge on any atom is -0.352 e. The van der Waals surface area contributed by atoms with Crippen LogP contribution in [0.3, 0.4) is 0 Å². The van der Waals surface area contributed by atoms with Crippen molar-refractivity contribution >= 4 is 17.5 Å². The molecular formula is C25H22N6O2. The topological polar surface area (TPSA) is 104 Å². The number of benzene rings is 2. The second kappa shape index (κ2) is 9.04. The van der Waals surface area contributed by atoms with Crippen LogP contribution in [0.2, 0.25) is 0 Å². The van der Waals surface area contributed by atoms with Crippen molar-refractivity contribution in [2.24, 2.45) is 0 Å². The summed E-state index contributed by atoms with van der Waals surface area (Å²) in [6.45, 7) is 0.927. The van der Waals surface area contributed by atoms with Crippen molar-refractivity contribution in [1.29, 1.82) is 0 Å². The first-order valence-electron chi connectivity index (χ1n) is 10.7. The average molecular weight is 438 g/mol. The van der Waals surface area contributed by atoms with Gasteiger partial charge >= 0.3 is 0 Å². The molecule has 1 aliphatic rings. The number of carbonyl (C=O) groups excluding carboxylic acids is 2. The summed E-state index contributed by atoms with van der Waals surface area (Å²) in [4.78, 5) is 36.2. The Hall–Kier alpha value is -4.33. The van der Waals surface area contributed by atoms with Crippen molar-refractivity contribution in [3.05, 3.63) is 107 Å². The Kier molecular flexibility index (Phi) is 5.63. The van der Waals surface area contributed by atoms with Crippen LogP contribution < -0.4 is 10.2 Å². The number of hydrogen-bond acceptors (Lipinski definition) is 5. The van der Waals surface area contributed by atoms with Crippen molar-refractivity contribution in [3.8, 4) is 0 Å².